The van der Waals surface area contributed by atoms with Gasteiger partial charge in [0, 0.05) is 17.3 Å². The van der Waals surface area contributed by atoms with Gasteiger partial charge in [0.25, 0.3) is 0 Å². The fourth-order valence-electron chi connectivity index (χ4n) is 2.93. The van der Waals surface area contributed by atoms with Crippen molar-refractivity contribution in [2.24, 2.45) is 0 Å². The average molecular weight is 436 g/mol. The fraction of sp³-hybridized carbons (Fsp3) is 0.182. The minimum absolute atomic E-state index is 0.151. The van der Waals surface area contributed by atoms with E-state index in [-0.39, 0.29) is 17.6 Å². The molecule has 0 radical (unpaired) electrons. The Labute approximate surface area is 182 Å². The molecule has 8 nitrogen and oxygen atoms in total. The smallest absolute Gasteiger partial charge is 0.238 e. The third-order valence-electron chi connectivity index (χ3n) is 4.54. The molecule has 0 aliphatic heterocycles. The van der Waals surface area contributed by atoms with Crippen LogP contribution in [0.4, 0.5) is 11.5 Å². The molecule has 0 aliphatic rings. The van der Waals surface area contributed by atoms with Crippen molar-refractivity contribution >= 4 is 46.1 Å². The lowest BCUT2D eigenvalue weighted by molar-refractivity contribution is -0.115. The van der Waals surface area contributed by atoms with Gasteiger partial charge >= 0.3 is 0 Å². The van der Waals surface area contributed by atoms with Crippen LogP contribution in [-0.2, 0) is 9.59 Å². The summed E-state index contributed by atoms with van der Waals surface area (Å²) in [5, 5.41) is 8.82. The number of nitrogens with zero attached hydrogens (tertiary/aromatic N) is 2. The van der Waals surface area contributed by atoms with Crippen LogP contribution in [0, 0.1) is 6.92 Å². The molecule has 31 heavy (non-hydrogen) atoms. The topological polar surface area (TPSA) is 113 Å². The van der Waals surface area contributed by atoms with Crippen molar-refractivity contribution in [1.82, 2.24) is 15.1 Å². The zero-order valence-electron chi connectivity index (χ0n) is 17.0. The molecule has 2 amide bonds. The van der Waals surface area contributed by atoms with Gasteiger partial charge in [-0.3, -0.25) is 9.59 Å². The number of aryl methyl sites for hydroxylation is 1. The first kappa shape index (κ1) is 20.7. The van der Waals surface area contributed by atoms with Crippen LogP contribution in [0.25, 0.3) is 22.4 Å². The molecule has 0 saturated carbocycles. The molecule has 2 aromatic heterocycles. The van der Waals surface area contributed by atoms with Crippen LogP contribution in [0.3, 0.4) is 0 Å². The monoisotopic (exact) mass is 435 g/mol. The van der Waals surface area contributed by atoms with E-state index in [4.69, 9.17) is 4.52 Å². The number of carbonyl (C=O) groups is 2. The number of benzene rings is 2. The largest absolute Gasteiger partial charge is 0.360 e. The minimum Gasteiger partial charge on any atom is -0.360 e. The number of aromatic nitrogens is 3. The molecule has 2 aromatic carbocycles. The molecule has 0 spiro atoms. The maximum Gasteiger partial charge on any atom is 0.238 e. The van der Waals surface area contributed by atoms with Crippen molar-refractivity contribution in [2.75, 3.05) is 16.4 Å². The van der Waals surface area contributed by atoms with Crippen LogP contribution in [0.1, 0.15) is 12.7 Å². The molecule has 1 atom stereocenters. The second-order valence-corrected chi connectivity index (χ2v) is 8.32. The number of fused-ring (bicyclic) bond motifs is 1. The van der Waals surface area contributed by atoms with Crippen LogP contribution < -0.4 is 10.6 Å². The van der Waals surface area contributed by atoms with Crippen molar-refractivity contribution in [2.45, 2.75) is 19.1 Å². The Hall–Kier alpha value is -3.59. The number of hydrogen-bond donors (Lipinski definition) is 3. The van der Waals surface area contributed by atoms with Crippen molar-refractivity contribution in [3.8, 4) is 11.4 Å². The summed E-state index contributed by atoms with van der Waals surface area (Å²) in [6.45, 7) is 3.48. The SMILES string of the molecule is Cc1cc(NC(=O)C(C)SCC(=O)Nc2ccc(-c3nc4ccccc4[nH]3)cc2)no1. The molecule has 1 unspecified atom stereocenters. The first-order valence-corrected chi connectivity index (χ1v) is 10.7. The lowest BCUT2D eigenvalue weighted by atomic mass is 10.2. The van der Waals surface area contributed by atoms with Crippen LogP contribution in [0.15, 0.2) is 59.1 Å². The second-order valence-electron chi connectivity index (χ2n) is 6.99. The number of rotatable bonds is 7. The summed E-state index contributed by atoms with van der Waals surface area (Å²) in [4.78, 5) is 32.3. The maximum atomic E-state index is 12.3. The van der Waals surface area contributed by atoms with Gasteiger partial charge < -0.3 is 20.1 Å². The summed E-state index contributed by atoms with van der Waals surface area (Å²) in [5.41, 5.74) is 3.49. The van der Waals surface area contributed by atoms with E-state index in [0.717, 1.165) is 22.4 Å². The fourth-order valence-corrected chi connectivity index (χ4v) is 3.61. The Bertz CT molecular complexity index is 1180. The molecule has 0 saturated heterocycles. The standard InChI is InChI=1S/C22H21N5O3S/c1-13-11-19(27-30-13)26-22(29)14(2)31-12-20(28)23-16-9-7-15(8-10-16)21-24-17-5-3-4-6-18(17)25-21/h3-11,14H,12H2,1-2H3,(H,23,28)(H,24,25)(H,26,27,29). The summed E-state index contributed by atoms with van der Waals surface area (Å²) < 4.78 is 4.92. The molecule has 0 fully saturated rings. The number of H-pyrrole nitrogens is 1. The van der Waals surface area contributed by atoms with Crippen molar-refractivity contribution < 1.29 is 14.1 Å². The van der Waals surface area contributed by atoms with Gasteiger partial charge in [-0.25, -0.2) is 4.98 Å². The van der Waals surface area contributed by atoms with E-state index in [2.05, 4.69) is 25.8 Å². The zero-order chi connectivity index (χ0) is 21.8. The maximum absolute atomic E-state index is 12.3. The third-order valence-corrected chi connectivity index (χ3v) is 5.69. The van der Waals surface area contributed by atoms with E-state index in [1.54, 1.807) is 19.9 Å². The van der Waals surface area contributed by atoms with Gasteiger partial charge in [-0.15, -0.1) is 11.8 Å². The average Bonchev–Trinajstić information content (AvgIpc) is 3.38. The van der Waals surface area contributed by atoms with Gasteiger partial charge in [0.05, 0.1) is 22.0 Å². The Kier molecular flexibility index (Phi) is 6.03. The first-order valence-electron chi connectivity index (χ1n) is 9.69. The van der Waals surface area contributed by atoms with Crippen LogP contribution >= 0.6 is 11.8 Å². The Morgan fingerprint density at radius 1 is 1.13 bits per heavy atom. The molecule has 0 bridgehead atoms. The Balaban J connectivity index is 1.28. The van der Waals surface area contributed by atoms with Crippen molar-refractivity contribution in [3.05, 3.63) is 60.4 Å². The number of imidazole rings is 1. The van der Waals surface area contributed by atoms with Crippen LogP contribution in [-0.4, -0.2) is 37.9 Å². The van der Waals surface area contributed by atoms with Crippen LogP contribution in [0.5, 0.6) is 0 Å². The number of para-hydroxylation sites is 2. The molecule has 4 rings (SSSR count). The van der Waals surface area contributed by atoms with Gasteiger partial charge in [-0.2, -0.15) is 0 Å². The number of amides is 2. The summed E-state index contributed by atoms with van der Waals surface area (Å²) >= 11 is 1.24. The van der Waals surface area contributed by atoms with Gasteiger partial charge in [0.1, 0.15) is 11.6 Å². The molecule has 2 heterocycles. The van der Waals surface area contributed by atoms with Crippen molar-refractivity contribution in [3.63, 3.8) is 0 Å². The van der Waals surface area contributed by atoms with E-state index in [9.17, 15) is 9.59 Å². The Morgan fingerprint density at radius 2 is 1.90 bits per heavy atom. The lowest BCUT2D eigenvalue weighted by Crippen LogP contribution is -2.25. The summed E-state index contributed by atoms with van der Waals surface area (Å²) in [6.07, 6.45) is 0. The minimum atomic E-state index is -0.418. The predicted octanol–water partition coefficient (Wildman–Crippen LogP) is 4.23. The number of anilines is 2. The summed E-state index contributed by atoms with van der Waals surface area (Å²) in [5.74, 6) is 1.49. The molecule has 3 N–H and O–H groups in total. The van der Waals surface area contributed by atoms with E-state index in [0.29, 0.717) is 17.3 Å². The summed E-state index contributed by atoms with van der Waals surface area (Å²) in [7, 11) is 0. The highest BCUT2D eigenvalue weighted by atomic mass is 32.2. The van der Waals surface area contributed by atoms with Gasteiger partial charge in [-0.05, 0) is 50.2 Å². The highest BCUT2D eigenvalue weighted by Crippen LogP contribution is 2.22. The van der Waals surface area contributed by atoms with Gasteiger partial charge in [-0.1, -0.05) is 17.3 Å². The number of hydrogen-bond acceptors (Lipinski definition) is 6. The lowest BCUT2D eigenvalue weighted by Gasteiger charge is -2.10. The van der Waals surface area contributed by atoms with E-state index in [1.807, 2.05) is 48.5 Å². The quantitative estimate of drug-likeness (QED) is 0.400. The number of carbonyl (C=O) groups excluding carboxylic acids is 2. The number of aromatic amines is 1. The molecular weight excluding hydrogens is 414 g/mol. The molecule has 0 aliphatic carbocycles. The van der Waals surface area contributed by atoms with Gasteiger partial charge in [0.15, 0.2) is 5.82 Å². The highest BCUT2D eigenvalue weighted by Gasteiger charge is 2.17. The van der Waals surface area contributed by atoms with Crippen molar-refractivity contribution in [1.29, 1.82) is 0 Å². The predicted molar refractivity (Wildman–Crippen MR) is 122 cm³/mol. The molecule has 158 valence electrons. The summed E-state index contributed by atoms with van der Waals surface area (Å²) in [6, 6.07) is 16.9. The van der Waals surface area contributed by atoms with Gasteiger partial charge in [0.2, 0.25) is 11.8 Å². The molecule has 4 aromatic rings. The molecular formula is C22H21N5O3S. The highest BCUT2D eigenvalue weighted by molar-refractivity contribution is 8.01. The normalized spacial score (nSPS) is 11.9. The zero-order valence-corrected chi connectivity index (χ0v) is 17.8. The number of nitrogens with one attached hydrogen (secondary N) is 3. The number of thioether (sulfide) groups is 1. The second kappa shape index (κ2) is 9.05. The van der Waals surface area contributed by atoms with E-state index < -0.39 is 5.25 Å². The Morgan fingerprint density at radius 3 is 2.61 bits per heavy atom. The first-order chi connectivity index (χ1) is 15.0. The van der Waals surface area contributed by atoms with E-state index in [1.165, 1.54) is 11.8 Å². The van der Waals surface area contributed by atoms with E-state index >= 15 is 0 Å². The van der Waals surface area contributed by atoms with Crippen LogP contribution in [0.2, 0.25) is 0 Å². The third kappa shape index (κ3) is 5.13. The molecule has 9 heteroatoms.